The number of aliphatic hydroxyl groups is 1. The van der Waals surface area contributed by atoms with E-state index >= 15 is 0 Å². The molecule has 0 aliphatic heterocycles. The summed E-state index contributed by atoms with van der Waals surface area (Å²) in [5.41, 5.74) is 1.74. The molecule has 1 N–H and O–H groups in total. The molecular formula is C8H10N4OS. The monoisotopic (exact) mass is 210 g/mol. The van der Waals surface area contributed by atoms with Crippen molar-refractivity contribution in [2.75, 3.05) is 0 Å². The van der Waals surface area contributed by atoms with E-state index in [9.17, 15) is 0 Å². The first-order valence-corrected chi connectivity index (χ1v) is 4.96. The van der Waals surface area contributed by atoms with Crippen LogP contribution in [0.3, 0.4) is 0 Å². The largest absolute Gasteiger partial charge is 0.390 e. The SMILES string of the molecule is Cc1nnsc1Cn1cncc1CO. The Morgan fingerprint density at radius 1 is 1.57 bits per heavy atom. The maximum absolute atomic E-state index is 9.02. The summed E-state index contributed by atoms with van der Waals surface area (Å²) in [7, 11) is 0. The molecule has 0 aliphatic rings. The van der Waals surface area contributed by atoms with E-state index in [1.54, 1.807) is 12.5 Å². The maximum atomic E-state index is 9.02. The Morgan fingerprint density at radius 3 is 3.07 bits per heavy atom. The van der Waals surface area contributed by atoms with Gasteiger partial charge in [0.1, 0.15) is 0 Å². The second kappa shape index (κ2) is 3.85. The van der Waals surface area contributed by atoms with Crippen LogP contribution in [0.15, 0.2) is 12.5 Å². The molecule has 74 valence electrons. The highest BCUT2D eigenvalue weighted by molar-refractivity contribution is 7.05. The smallest absolute Gasteiger partial charge is 0.0952 e. The van der Waals surface area contributed by atoms with Crippen molar-refractivity contribution in [2.45, 2.75) is 20.1 Å². The van der Waals surface area contributed by atoms with Gasteiger partial charge in [-0.1, -0.05) is 4.49 Å². The van der Waals surface area contributed by atoms with Gasteiger partial charge in [-0.25, -0.2) is 4.98 Å². The van der Waals surface area contributed by atoms with Gasteiger partial charge in [0.25, 0.3) is 0 Å². The summed E-state index contributed by atoms with van der Waals surface area (Å²) in [5.74, 6) is 0. The molecule has 0 spiro atoms. The van der Waals surface area contributed by atoms with Gasteiger partial charge in [-0.2, -0.15) is 0 Å². The quantitative estimate of drug-likeness (QED) is 0.805. The van der Waals surface area contributed by atoms with Crippen molar-refractivity contribution in [2.24, 2.45) is 0 Å². The molecule has 2 aromatic rings. The Balaban J connectivity index is 2.22. The fraction of sp³-hybridized carbons (Fsp3) is 0.375. The van der Waals surface area contributed by atoms with Crippen molar-refractivity contribution in [3.8, 4) is 0 Å². The molecule has 5 nitrogen and oxygen atoms in total. The standard InChI is InChI=1S/C8H10N4OS/c1-6-8(14-11-10-6)3-12-5-9-2-7(12)4-13/h2,5,13H,3-4H2,1H3. The first-order chi connectivity index (χ1) is 6.81. The zero-order chi connectivity index (χ0) is 9.97. The van der Waals surface area contributed by atoms with Gasteiger partial charge in [0.2, 0.25) is 0 Å². The van der Waals surface area contributed by atoms with E-state index < -0.39 is 0 Å². The summed E-state index contributed by atoms with van der Waals surface area (Å²) < 4.78 is 5.74. The van der Waals surface area contributed by atoms with Crippen LogP contribution in [-0.4, -0.2) is 24.2 Å². The van der Waals surface area contributed by atoms with E-state index in [2.05, 4.69) is 14.6 Å². The summed E-state index contributed by atoms with van der Waals surface area (Å²) in [6.45, 7) is 2.61. The number of hydrogen-bond donors (Lipinski definition) is 1. The van der Waals surface area contributed by atoms with E-state index in [-0.39, 0.29) is 6.61 Å². The number of aliphatic hydroxyl groups excluding tert-OH is 1. The van der Waals surface area contributed by atoms with Gasteiger partial charge >= 0.3 is 0 Å². The van der Waals surface area contributed by atoms with Crippen LogP contribution in [0.5, 0.6) is 0 Å². The molecule has 6 heteroatoms. The lowest BCUT2D eigenvalue weighted by Crippen LogP contribution is -2.02. The molecule has 0 bridgehead atoms. The van der Waals surface area contributed by atoms with E-state index in [0.29, 0.717) is 6.54 Å². The highest BCUT2D eigenvalue weighted by Crippen LogP contribution is 2.12. The van der Waals surface area contributed by atoms with Gasteiger partial charge in [0, 0.05) is 0 Å². The van der Waals surface area contributed by atoms with Crippen LogP contribution in [0.25, 0.3) is 0 Å². The molecule has 0 radical (unpaired) electrons. The Labute approximate surface area is 85.2 Å². The van der Waals surface area contributed by atoms with E-state index in [0.717, 1.165) is 16.3 Å². The van der Waals surface area contributed by atoms with E-state index in [1.807, 2.05) is 11.5 Å². The molecule has 0 saturated carbocycles. The molecule has 2 aromatic heterocycles. The lowest BCUT2D eigenvalue weighted by molar-refractivity contribution is 0.271. The van der Waals surface area contributed by atoms with E-state index in [1.165, 1.54) is 11.5 Å². The van der Waals surface area contributed by atoms with E-state index in [4.69, 9.17) is 5.11 Å². The third-order valence-electron chi connectivity index (χ3n) is 2.02. The van der Waals surface area contributed by atoms with Crippen LogP contribution < -0.4 is 0 Å². The lowest BCUT2D eigenvalue weighted by atomic mass is 10.4. The zero-order valence-corrected chi connectivity index (χ0v) is 8.53. The van der Waals surface area contributed by atoms with Crippen molar-refractivity contribution < 1.29 is 5.11 Å². The van der Waals surface area contributed by atoms with Gasteiger partial charge in [-0.3, -0.25) is 0 Å². The fourth-order valence-electron chi connectivity index (χ4n) is 1.17. The molecule has 0 fully saturated rings. The highest BCUT2D eigenvalue weighted by Gasteiger charge is 2.06. The molecular weight excluding hydrogens is 200 g/mol. The second-order valence-corrected chi connectivity index (χ2v) is 3.79. The first-order valence-electron chi connectivity index (χ1n) is 4.19. The molecule has 0 unspecified atom stereocenters. The van der Waals surface area contributed by atoms with Crippen molar-refractivity contribution >= 4 is 11.5 Å². The lowest BCUT2D eigenvalue weighted by Gasteiger charge is -2.03. The number of aromatic nitrogens is 4. The Kier molecular flexibility index (Phi) is 2.55. The minimum absolute atomic E-state index is 0.00524. The summed E-state index contributed by atoms with van der Waals surface area (Å²) in [6.07, 6.45) is 3.36. The maximum Gasteiger partial charge on any atom is 0.0952 e. The van der Waals surface area contributed by atoms with Crippen LogP contribution in [0.2, 0.25) is 0 Å². The second-order valence-electron chi connectivity index (χ2n) is 2.95. The average Bonchev–Trinajstić information content (AvgIpc) is 2.77. The van der Waals surface area contributed by atoms with Crippen LogP contribution in [-0.2, 0) is 13.2 Å². The number of nitrogens with zero attached hydrogens (tertiary/aromatic N) is 4. The highest BCUT2D eigenvalue weighted by atomic mass is 32.1. The van der Waals surface area contributed by atoms with Crippen LogP contribution in [0.1, 0.15) is 16.3 Å². The Morgan fingerprint density at radius 2 is 2.43 bits per heavy atom. The number of rotatable bonds is 3. The molecule has 0 aliphatic carbocycles. The predicted octanol–water partition coefficient (Wildman–Crippen LogP) is 0.584. The van der Waals surface area contributed by atoms with Crippen molar-refractivity contribution in [1.29, 1.82) is 0 Å². The number of imidazole rings is 1. The van der Waals surface area contributed by atoms with Crippen molar-refractivity contribution in [1.82, 2.24) is 19.1 Å². The first kappa shape index (κ1) is 9.29. The van der Waals surface area contributed by atoms with Crippen LogP contribution in [0.4, 0.5) is 0 Å². The van der Waals surface area contributed by atoms with Gasteiger partial charge in [-0.15, -0.1) is 5.10 Å². The van der Waals surface area contributed by atoms with Crippen molar-refractivity contribution in [3.05, 3.63) is 28.8 Å². The fourth-order valence-corrected chi connectivity index (χ4v) is 1.80. The average molecular weight is 210 g/mol. The van der Waals surface area contributed by atoms with Gasteiger partial charge in [0.15, 0.2) is 0 Å². The molecule has 0 saturated heterocycles. The molecule has 0 aromatic carbocycles. The third kappa shape index (κ3) is 1.66. The minimum Gasteiger partial charge on any atom is -0.390 e. The zero-order valence-electron chi connectivity index (χ0n) is 7.71. The summed E-state index contributed by atoms with van der Waals surface area (Å²) in [5, 5.41) is 12.9. The summed E-state index contributed by atoms with van der Waals surface area (Å²) >= 11 is 1.38. The molecule has 0 atom stereocenters. The topological polar surface area (TPSA) is 63.8 Å². The predicted molar refractivity (Wildman–Crippen MR) is 51.9 cm³/mol. The van der Waals surface area contributed by atoms with Gasteiger partial charge in [0.05, 0.1) is 41.9 Å². The molecule has 2 rings (SSSR count). The van der Waals surface area contributed by atoms with Crippen molar-refractivity contribution in [3.63, 3.8) is 0 Å². The Hall–Kier alpha value is -1.27. The van der Waals surface area contributed by atoms with Crippen LogP contribution >= 0.6 is 11.5 Å². The molecule has 14 heavy (non-hydrogen) atoms. The van der Waals surface area contributed by atoms with Gasteiger partial charge in [-0.05, 0) is 18.5 Å². The number of aryl methyl sites for hydroxylation is 1. The third-order valence-corrected chi connectivity index (χ3v) is 2.83. The van der Waals surface area contributed by atoms with Crippen LogP contribution in [0, 0.1) is 6.92 Å². The normalized spacial score (nSPS) is 10.7. The van der Waals surface area contributed by atoms with Gasteiger partial charge < -0.3 is 9.67 Å². The molecule has 2 heterocycles. The minimum atomic E-state index is 0.00524. The summed E-state index contributed by atoms with van der Waals surface area (Å²) in [6, 6.07) is 0. The summed E-state index contributed by atoms with van der Waals surface area (Å²) in [4.78, 5) is 5.07. The molecule has 0 amide bonds. The number of hydrogen-bond acceptors (Lipinski definition) is 5. The Bertz CT molecular complexity index is 422.